The number of nitrogens with zero attached hydrogens (tertiary/aromatic N) is 1. The lowest BCUT2D eigenvalue weighted by Crippen LogP contribution is -2.22. The largest absolute Gasteiger partial charge is 0.371 e. The Kier molecular flexibility index (Phi) is 4.14. The summed E-state index contributed by atoms with van der Waals surface area (Å²) in [6.07, 6.45) is 2.40. The van der Waals surface area contributed by atoms with Crippen LogP contribution in [0.3, 0.4) is 0 Å². The second-order valence-electron chi connectivity index (χ2n) is 6.04. The third kappa shape index (κ3) is 3.14. The van der Waals surface area contributed by atoms with Crippen molar-refractivity contribution in [2.75, 3.05) is 23.3 Å². The first kappa shape index (κ1) is 14.6. The quantitative estimate of drug-likeness (QED) is 0.922. The minimum absolute atomic E-state index is 0.0347. The average Bonchev–Trinajstić information content (AvgIpc) is 3.00. The van der Waals surface area contributed by atoms with Gasteiger partial charge in [0.15, 0.2) is 0 Å². The number of para-hydroxylation sites is 1. The molecule has 2 aromatic carbocycles. The van der Waals surface area contributed by atoms with Crippen LogP contribution < -0.4 is 10.2 Å². The summed E-state index contributed by atoms with van der Waals surface area (Å²) in [6.45, 7) is 6.16. The van der Waals surface area contributed by atoms with Gasteiger partial charge in [0.25, 0.3) is 5.91 Å². The maximum absolute atomic E-state index is 12.7. The fourth-order valence-electron chi connectivity index (χ4n) is 3.14. The van der Waals surface area contributed by atoms with Crippen LogP contribution in [0.5, 0.6) is 0 Å². The molecule has 114 valence electrons. The SMILES string of the molecule is Cc1cc(C)cc(NC(=O)c2ccccc2N2CCCC2)c1. The van der Waals surface area contributed by atoms with Crippen molar-refractivity contribution in [3.63, 3.8) is 0 Å². The van der Waals surface area contributed by atoms with E-state index < -0.39 is 0 Å². The molecule has 3 rings (SSSR count). The molecule has 0 bridgehead atoms. The van der Waals surface area contributed by atoms with Crippen LogP contribution in [0.1, 0.15) is 34.3 Å². The number of hydrogen-bond acceptors (Lipinski definition) is 2. The summed E-state index contributed by atoms with van der Waals surface area (Å²) < 4.78 is 0. The number of amides is 1. The van der Waals surface area contributed by atoms with Crippen molar-refractivity contribution in [2.45, 2.75) is 26.7 Å². The van der Waals surface area contributed by atoms with Gasteiger partial charge in [-0.25, -0.2) is 0 Å². The zero-order valence-electron chi connectivity index (χ0n) is 13.2. The van der Waals surface area contributed by atoms with Gasteiger partial charge in [-0.15, -0.1) is 0 Å². The highest BCUT2D eigenvalue weighted by Crippen LogP contribution is 2.25. The van der Waals surface area contributed by atoms with Gasteiger partial charge in [0.05, 0.1) is 5.56 Å². The molecule has 0 aromatic heterocycles. The van der Waals surface area contributed by atoms with E-state index in [0.29, 0.717) is 0 Å². The molecule has 3 nitrogen and oxygen atoms in total. The number of nitrogens with one attached hydrogen (secondary N) is 1. The van der Waals surface area contributed by atoms with Gasteiger partial charge in [-0.1, -0.05) is 18.2 Å². The molecule has 22 heavy (non-hydrogen) atoms. The normalized spacial score (nSPS) is 14.2. The second kappa shape index (κ2) is 6.22. The molecule has 0 aliphatic carbocycles. The van der Waals surface area contributed by atoms with Crippen molar-refractivity contribution in [1.29, 1.82) is 0 Å². The third-order valence-electron chi connectivity index (χ3n) is 4.07. The predicted octanol–water partition coefficient (Wildman–Crippen LogP) is 4.16. The topological polar surface area (TPSA) is 32.3 Å². The van der Waals surface area contributed by atoms with E-state index in [1.165, 1.54) is 12.8 Å². The highest BCUT2D eigenvalue weighted by atomic mass is 16.1. The first-order valence-corrected chi connectivity index (χ1v) is 7.87. The van der Waals surface area contributed by atoms with Crippen LogP contribution in [0.15, 0.2) is 42.5 Å². The van der Waals surface area contributed by atoms with Crippen LogP contribution in [0.4, 0.5) is 11.4 Å². The molecule has 0 radical (unpaired) electrons. The van der Waals surface area contributed by atoms with E-state index in [1.807, 2.05) is 50.2 Å². The Bertz CT molecular complexity index is 667. The number of hydrogen-bond donors (Lipinski definition) is 1. The smallest absolute Gasteiger partial charge is 0.257 e. The molecule has 0 spiro atoms. The minimum atomic E-state index is -0.0347. The molecule has 3 heteroatoms. The average molecular weight is 294 g/mol. The van der Waals surface area contributed by atoms with Gasteiger partial charge >= 0.3 is 0 Å². The van der Waals surface area contributed by atoms with Crippen LogP contribution in [0, 0.1) is 13.8 Å². The van der Waals surface area contributed by atoms with E-state index in [1.54, 1.807) is 0 Å². The van der Waals surface area contributed by atoms with Gasteiger partial charge in [0.1, 0.15) is 0 Å². The maximum atomic E-state index is 12.7. The second-order valence-corrected chi connectivity index (χ2v) is 6.04. The van der Waals surface area contributed by atoms with Crippen molar-refractivity contribution < 1.29 is 4.79 Å². The summed E-state index contributed by atoms with van der Waals surface area (Å²) in [4.78, 5) is 15.0. The molecule has 2 aromatic rings. The summed E-state index contributed by atoms with van der Waals surface area (Å²) in [5.41, 5.74) is 4.97. The van der Waals surface area contributed by atoms with Crippen molar-refractivity contribution in [1.82, 2.24) is 0 Å². The molecule has 1 amide bonds. The zero-order valence-corrected chi connectivity index (χ0v) is 13.2. The van der Waals surface area contributed by atoms with Crippen LogP contribution in [-0.2, 0) is 0 Å². The number of rotatable bonds is 3. The van der Waals surface area contributed by atoms with E-state index in [4.69, 9.17) is 0 Å². The maximum Gasteiger partial charge on any atom is 0.257 e. The molecule has 1 aliphatic heterocycles. The molecule has 1 N–H and O–H groups in total. The van der Waals surface area contributed by atoms with E-state index >= 15 is 0 Å². The molecular formula is C19H22N2O. The fourth-order valence-corrected chi connectivity index (χ4v) is 3.14. The lowest BCUT2D eigenvalue weighted by Gasteiger charge is -2.21. The van der Waals surface area contributed by atoms with Crippen molar-refractivity contribution in [2.24, 2.45) is 0 Å². The summed E-state index contributed by atoms with van der Waals surface area (Å²) in [5.74, 6) is -0.0347. The molecule has 0 atom stereocenters. The van der Waals surface area contributed by atoms with Gasteiger partial charge < -0.3 is 10.2 Å². The van der Waals surface area contributed by atoms with Crippen LogP contribution in [0.25, 0.3) is 0 Å². The summed E-state index contributed by atoms with van der Waals surface area (Å²) in [5, 5.41) is 3.04. The van der Waals surface area contributed by atoms with E-state index in [-0.39, 0.29) is 5.91 Å². The Morgan fingerprint density at radius 3 is 2.32 bits per heavy atom. The van der Waals surface area contributed by atoms with Gasteiger partial charge in [0.2, 0.25) is 0 Å². The van der Waals surface area contributed by atoms with Crippen molar-refractivity contribution >= 4 is 17.3 Å². The van der Waals surface area contributed by atoms with Crippen molar-refractivity contribution in [3.8, 4) is 0 Å². The van der Waals surface area contributed by atoms with Crippen LogP contribution >= 0.6 is 0 Å². The fraction of sp³-hybridized carbons (Fsp3) is 0.316. The highest BCUT2D eigenvalue weighted by Gasteiger charge is 2.19. The Morgan fingerprint density at radius 2 is 1.64 bits per heavy atom. The monoisotopic (exact) mass is 294 g/mol. The van der Waals surface area contributed by atoms with Crippen molar-refractivity contribution in [3.05, 3.63) is 59.2 Å². The van der Waals surface area contributed by atoms with Crippen LogP contribution in [0.2, 0.25) is 0 Å². The van der Waals surface area contributed by atoms with Gasteiger partial charge in [-0.3, -0.25) is 4.79 Å². The minimum Gasteiger partial charge on any atom is -0.371 e. The Balaban J connectivity index is 1.86. The standard InChI is InChI=1S/C19H22N2O/c1-14-11-15(2)13-16(12-14)20-19(22)17-7-3-4-8-18(17)21-9-5-6-10-21/h3-4,7-8,11-13H,5-6,9-10H2,1-2H3,(H,20,22). The Hall–Kier alpha value is -2.29. The number of aryl methyl sites for hydroxylation is 2. The van der Waals surface area contributed by atoms with Gasteiger partial charge in [-0.05, 0) is 62.1 Å². The highest BCUT2D eigenvalue weighted by molar-refractivity contribution is 6.08. The molecule has 1 heterocycles. The predicted molar refractivity (Wildman–Crippen MR) is 91.8 cm³/mol. The summed E-state index contributed by atoms with van der Waals surface area (Å²) in [6, 6.07) is 14.0. The Morgan fingerprint density at radius 1 is 1.00 bits per heavy atom. The number of anilines is 2. The Labute approximate surface area is 132 Å². The molecule has 0 saturated carbocycles. The summed E-state index contributed by atoms with van der Waals surface area (Å²) in [7, 11) is 0. The van der Waals surface area contributed by atoms with Crippen LogP contribution in [-0.4, -0.2) is 19.0 Å². The van der Waals surface area contributed by atoms with E-state index in [2.05, 4.69) is 16.3 Å². The molecule has 1 fully saturated rings. The zero-order chi connectivity index (χ0) is 15.5. The van der Waals surface area contributed by atoms with Gasteiger partial charge in [-0.2, -0.15) is 0 Å². The molecule has 1 saturated heterocycles. The number of carbonyl (C=O) groups is 1. The molecular weight excluding hydrogens is 272 g/mol. The molecule has 0 unspecified atom stereocenters. The molecule has 1 aliphatic rings. The third-order valence-corrected chi connectivity index (χ3v) is 4.07. The summed E-state index contributed by atoms with van der Waals surface area (Å²) >= 11 is 0. The number of benzene rings is 2. The first-order valence-electron chi connectivity index (χ1n) is 7.87. The van der Waals surface area contributed by atoms with E-state index in [9.17, 15) is 4.79 Å². The lowest BCUT2D eigenvalue weighted by molar-refractivity contribution is 0.102. The van der Waals surface area contributed by atoms with Gasteiger partial charge in [0, 0.05) is 24.5 Å². The number of carbonyl (C=O) groups excluding carboxylic acids is 1. The lowest BCUT2D eigenvalue weighted by atomic mass is 10.1. The van der Waals surface area contributed by atoms with E-state index in [0.717, 1.165) is 41.2 Å². The first-order chi connectivity index (χ1) is 10.6.